The Bertz CT molecular complexity index is 698. The van der Waals surface area contributed by atoms with E-state index in [1.165, 1.54) is 4.90 Å². The maximum absolute atomic E-state index is 12.5. The summed E-state index contributed by atoms with van der Waals surface area (Å²) < 4.78 is 5.42. The smallest absolute Gasteiger partial charge is 0.416 e. The summed E-state index contributed by atoms with van der Waals surface area (Å²) in [7, 11) is 0. The molecule has 0 fully saturated rings. The van der Waals surface area contributed by atoms with Crippen LogP contribution in [0.5, 0.6) is 0 Å². The van der Waals surface area contributed by atoms with Crippen LogP contribution < -0.4 is 4.90 Å². The highest BCUT2D eigenvalue weighted by Crippen LogP contribution is 2.30. The molecule has 2 rings (SSSR count). The van der Waals surface area contributed by atoms with Gasteiger partial charge in [-0.2, -0.15) is 0 Å². The van der Waals surface area contributed by atoms with Gasteiger partial charge in [0, 0.05) is 12.4 Å². The third kappa shape index (κ3) is 4.74. The lowest BCUT2D eigenvalue weighted by molar-refractivity contribution is 0.0577. The van der Waals surface area contributed by atoms with Crippen molar-refractivity contribution < 1.29 is 14.3 Å². The molecule has 0 unspecified atom stereocenters. The van der Waals surface area contributed by atoms with Crippen molar-refractivity contribution in [3.63, 3.8) is 0 Å². The summed E-state index contributed by atoms with van der Waals surface area (Å²) in [5.74, 6) is 0. The van der Waals surface area contributed by atoms with Crippen LogP contribution in [0, 0.1) is 0 Å². The average molecular weight is 354 g/mol. The van der Waals surface area contributed by atoms with Gasteiger partial charge in [0.05, 0.1) is 6.54 Å². The van der Waals surface area contributed by atoms with Crippen LogP contribution in [0.4, 0.5) is 9.93 Å². The lowest BCUT2D eigenvalue weighted by Gasteiger charge is -2.25. The molecular weight excluding hydrogens is 338 g/mol. The number of amides is 1. The van der Waals surface area contributed by atoms with Crippen molar-refractivity contribution in [2.45, 2.75) is 32.9 Å². The Hall–Kier alpha value is -1.99. The number of anilines is 1. The molecule has 0 spiro atoms. The van der Waals surface area contributed by atoms with Gasteiger partial charge in [0.1, 0.15) is 10.5 Å². The zero-order chi connectivity index (χ0) is 17.0. The fourth-order valence-corrected chi connectivity index (χ4v) is 2.74. The molecule has 0 aliphatic carbocycles. The zero-order valence-corrected chi connectivity index (χ0v) is 14.5. The number of aldehydes is 1. The highest BCUT2D eigenvalue weighted by molar-refractivity contribution is 7.17. The van der Waals surface area contributed by atoms with Gasteiger partial charge in [-0.25, -0.2) is 14.7 Å². The van der Waals surface area contributed by atoms with E-state index in [9.17, 15) is 9.59 Å². The van der Waals surface area contributed by atoms with Crippen molar-refractivity contribution in [2.24, 2.45) is 0 Å². The van der Waals surface area contributed by atoms with Gasteiger partial charge in [0.25, 0.3) is 0 Å². The summed E-state index contributed by atoms with van der Waals surface area (Å²) in [5, 5.41) is 0.381. The molecule has 2 aromatic rings. The van der Waals surface area contributed by atoms with Crippen molar-refractivity contribution >= 4 is 40.4 Å². The SMILES string of the molecule is CC(C)(C)OC(=O)N(Cc1ccncc1)c1nc(Cl)c(C=O)s1. The van der Waals surface area contributed by atoms with Crippen molar-refractivity contribution in [2.75, 3.05) is 4.90 Å². The zero-order valence-electron chi connectivity index (χ0n) is 12.9. The molecule has 0 radical (unpaired) electrons. The van der Waals surface area contributed by atoms with Crippen molar-refractivity contribution in [1.29, 1.82) is 0 Å². The first kappa shape index (κ1) is 17.4. The minimum atomic E-state index is -0.651. The summed E-state index contributed by atoms with van der Waals surface area (Å²) in [5.41, 5.74) is 0.201. The molecule has 6 nitrogen and oxygen atoms in total. The maximum Gasteiger partial charge on any atom is 0.416 e. The van der Waals surface area contributed by atoms with Gasteiger partial charge in [0.2, 0.25) is 0 Å². The minimum Gasteiger partial charge on any atom is -0.443 e. The van der Waals surface area contributed by atoms with Crippen LogP contribution in [0.15, 0.2) is 24.5 Å². The number of ether oxygens (including phenoxy) is 1. The van der Waals surface area contributed by atoms with Crippen LogP contribution in [0.25, 0.3) is 0 Å². The van der Waals surface area contributed by atoms with Gasteiger partial charge >= 0.3 is 6.09 Å². The van der Waals surface area contributed by atoms with E-state index in [1.54, 1.807) is 45.3 Å². The van der Waals surface area contributed by atoms with Gasteiger partial charge in [0.15, 0.2) is 16.6 Å². The van der Waals surface area contributed by atoms with Crippen LogP contribution in [-0.2, 0) is 11.3 Å². The van der Waals surface area contributed by atoms with Crippen LogP contribution >= 0.6 is 22.9 Å². The van der Waals surface area contributed by atoms with Gasteiger partial charge in [-0.15, -0.1) is 0 Å². The minimum absolute atomic E-state index is 0.0725. The Kier molecular flexibility index (Phi) is 5.33. The standard InChI is InChI=1S/C15H16ClN3O3S/c1-15(2,3)22-14(21)19(8-10-4-6-17-7-5-10)13-18-12(16)11(9-20)23-13/h4-7,9H,8H2,1-3H3. The second kappa shape index (κ2) is 7.06. The van der Waals surface area contributed by atoms with Crippen LogP contribution in [0.1, 0.15) is 36.0 Å². The summed E-state index contributed by atoms with van der Waals surface area (Å²) in [6.07, 6.45) is 3.32. The van der Waals surface area contributed by atoms with Crippen LogP contribution in [0.2, 0.25) is 5.15 Å². The van der Waals surface area contributed by atoms with Crippen molar-refractivity contribution in [3.05, 3.63) is 40.1 Å². The summed E-state index contributed by atoms with van der Waals surface area (Å²) in [6, 6.07) is 3.57. The van der Waals surface area contributed by atoms with Gasteiger partial charge in [-0.1, -0.05) is 22.9 Å². The number of thiazole rings is 1. The normalized spacial score (nSPS) is 11.1. The molecule has 2 aromatic heterocycles. The number of hydrogen-bond acceptors (Lipinski definition) is 6. The molecule has 122 valence electrons. The first-order chi connectivity index (χ1) is 10.8. The van der Waals surface area contributed by atoms with Crippen molar-refractivity contribution in [3.8, 4) is 0 Å². The third-order valence-electron chi connectivity index (χ3n) is 2.64. The van der Waals surface area contributed by atoms with Crippen LogP contribution in [0.3, 0.4) is 0 Å². The second-order valence-corrected chi connectivity index (χ2v) is 7.06. The molecule has 0 saturated heterocycles. The molecule has 0 bridgehead atoms. The van der Waals surface area contributed by atoms with E-state index in [1.807, 2.05) is 0 Å². The molecule has 2 heterocycles. The average Bonchev–Trinajstić information content (AvgIpc) is 2.84. The quantitative estimate of drug-likeness (QED) is 0.778. The summed E-state index contributed by atoms with van der Waals surface area (Å²) in [6.45, 7) is 5.57. The first-order valence-corrected chi connectivity index (χ1v) is 8.00. The van der Waals surface area contributed by atoms with Gasteiger partial charge in [-0.3, -0.25) is 9.78 Å². The fraction of sp³-hybridized carbons (Fsp3) is 0.333. The molecule has 0 aliphatic rings. The highest BCUT2D eigenvalue weighted by Gasteiger charge is 2.26. The molecule has 23 heavy (non-hydrogen) atoms. The Balaban J connectivity index is 2.33. The van der Waals surface area contributed by atoms with E-state index >= 15 is 0 Å². The van der Waals surface area contributed by atoms with Crippen molar-refractivity contribution in [1.82, 2.24) is 9.97 Å². The summed E-state index contributed by atoms with van der Waals surface area (Å²) >= 11 is 6.95. The molecule has 0 atom stereocenters. The number of aromatic nitrogens is 2. The van der Waals surface area contributed by atoms with Gasteiger partial charge < -0.3 is 4.74 Å². The Morgan fingerprint density at radius 2 is 2.04 bits per heavy atom. The second-order valence-electron chi connectivity index (χ2n) is 5.69. The topological polar surface area (TPSA) is 72.4 Å². The number of pyridine rings is 1. The molecule has 0 aromatic carbocycles. The number of rotatable bonds is 4. The molecular formula is C15H16ClN3O3S. The van der Waals surface area contributed by atoms with Crippen LogP contribution in [-0.4, -0.2) is 27.9 Å². The lowest BCUT2D eigenvalue weighted by atomic mass is 10.2. The number of nitrogens with zero attached hydrogens (tertiary/aromatic N) is 3. The van der Waals surface area contributed by atoms with E-state index in [-0.39, 0.29) is 16.6 Å². The third-order valence-corrected chi connectivity index (χ3v) is 4.04. The lowest BCUT2D eigenvalue weighted by Crippen LogP contribution is -2.36. The maximum atomic E-state index is 12.5. The number of hydrogen-bond donors (Lipinski definition) is 0. The fourth-order valence-electron chi connectivity index (χ4n) is 1.69. The predicted molar refractivity (Wildman–Crippen MR) is 89.2 cm³/mol. The van der Waals surface area contributed by atoms with E-state index in [0.717, 1.165) is 16.9 Å². The van der Waals surface area contributed by atoms with E-state index in [2.05, 4.69) is 9.97 Å². The van der Waals surface area contributed by atoms with E-state index in [0.29, 0.717) is 11.4 Å². The molecule has 1 amide bonds. The summed E-state index contributed by atoms with van der Waals surface area (Å²) in [4.78, 5) is 33.1. The van der Waals surface area contributed by atoms with E-state index < -0.39 is 11.7 Å². The highest BCUT2D eigenvalue weighted by atomic mass is 35.5. The molecule has 8 heteroatoms. The molecule has 0 aliphatic heterocycles. The van der Waals surface area contributed by atoms with Gasteiger partial charge in [-0.05, 0) is 38.5 Å². The Labute approximate surface area is 143 Å². The monoisotopic (exact) mass is 353 g/mol. The Morgan fingerprint density at radius 3 is 2.57 bits per heavy atom. The molecule has 0 N–H and O–H groups in total. The van der Waals surface area contributed by atoms with E-state index in [4.69, 9.17) is 16.3 Å². The Morgan fingerprint density at radius 1 is 1.39 bits per heavy atom. The number of halogens is 1. The number of carbonyl (C=O) groups excluding carboxylic acids is 2. The number of carbonyl (C=O) groups is 2. The molecule has 0 saturated carbocycles. The first-order valence-electron chi connectivity index (χ1n) is 6.81. The largest absolute Gasteiger partial charge is 0.443 e. The predicted octanol–water partition coefficient (Wildman–Crippen LogP) is 3.95.